The molecule has 0 aromatic heterocycles. The lowest BCUT2D eigenvalue weighted by molar-refractivity contribution is -0.138. The summed E-state index contributed by atoms with van der Waals surface area (Å²) in [6.45, 7) is 1.40. The molecule has 3 N–H and O–H groups in total. The highest BCUT2D eigenvalue weighted by Crippen LogP contribution is 2.30. The van der Waals surface area contributed by atoms with Crippen LogP contribution in [0.2, 0.25) is 0 Å². The zero-order chi connectivity index (χ0) is 16.0. The molecule has 0 saturated heterocycles. The Morgan fingerprint density at radius 1 is 1.19 bits per heavy atom. The Hall–Kier alpha value is -2.25. The topological polar surface area (TPSA) is 78.4 Å². The highest BCUT2D eigenvalue weighted by Gasteiger charge is 2.30. The van der Waals surface area contributed by atoms with Gasteiger partial charge in [0.05, 0.1) is 12.0 Å². The fourth-order valence-corrected chi connectivity index (χ4v) is 1.66. The van der Waals surface area contributed by atoms with Crippen molar-refractivity contribution >= 4 is 12.0 Å². The lowest BCUT2D eigenvalue weighted by atomic mass is 10.1. The van der Waals surface area contributed by atoms with Crippen LogP contribution in [-0.4, -0.2) is 23.7 Å². The molecule has 0 unspecified atom stereocenters. The minimum atomic E-state index is -4.44. The van der Waals surface area contributed by atoms with Crippen LogP contribution in [0.15, 0.2) is 18.2 Å². The second kappa shape index (κ2) is 6.96. The largest absolute Gasteiger partial charge is 0.481 e. The van der Waals surface area contributed by atoms with Gasteiger partial charge in [-0.25, -0.2) is 4.79 Å². The average molecular weight is 304 g/mol. The van der Waals surface area contributed by atoms with Gasteiger partial charge in [-0.15, -0.1) is 0 Å². The second-order valence-electron chi connectivity index (χ2n) is 4.46. The molecule has 0 atom stereocenters. The van der Waals surface area contributed by atoms with Gasteiger partial charge >= 0.3 is 18.2 Å². The minimum absolute atomic E-state index is 0.0528. The number of urea groups is 1. The first kappa shape index (κ1) is 16.8. The quantitative estimate of drug-likeness (QED) is 0.781. The van der Waals surface area contributed by atoms with Gasteiger partial charge in [0, 0.05) is 13.1 Å². The zero-order valence-corrected chi connectivity index (χ0v) is 11.3. The van der Waals surface area contributed by atoms with Crippen molar-refractivity contribution in [2.24, 2.45) is 0 Å². The molecule has 1 aromatic carbocycles. The molecule has 0 fully saturated rings. The van der Waals surface area contributed by atoms with Crippen molar-refractivity contribution in [3.8, 4) is 0 Å². The number of benzene rings is 1. The predicted molar refractivity (Wildman–Crippen MR) is 68.7 cm³/mol. The van der Waals surface area contributed by atoms with E-state index in [1.165, 1.54) is 13.0 Å². The summed E-state index contributed by atoms with van der Waals surface area (Å²) in [5.41, 5.74) is -0.0193. The molecule has 0 spiro atoms. The molecular formula is C13H15F3N2O3. The van der Waals surface area contributed by atoms with Crippen molar-refractivity contribution in [1.82, 2.24) is 10.6 Å². The number of carbonyl (C=O) groups excluding carboxylic acids is 1. The molecular weight excluding hydrogens is 289 g/mol. The van der Waals surface area contributed by atoms with E-state index in [1.807, 2.05) is 0 Å². The van der Waals surface area contributed by atoms with Crippen molar-refractivity contribution in [1.29, 1.82) is 0 Å². The van der Waals surface area contributed by atoms with Crippen molar-refractivity contribution in [3.63, 3.8) is 0 Å². The van der Waals surface area contributed by atoms with Crippen molar-refractivity contribution < 1.29 is 27.9 Å². The molecule has 0 radical (unpaired) electrons. The normalized spacial score (nSPS) is 11.0. The number of carboxylic acid groups (broad SMARTS) is 1. The first-order valence-corrected chi connectivity index (χ1v) is 6.10. The van der Waals surface area contributed by atoms with Gasteiger partial charge in [-0.2, -0.15) is 13.2 Å². The molecule has 0 heterocycles. The Morgan fingerprint density at radius 3 is 2.43 bits per heavy atom. The van der Waals surface area contributed by atoms with Crippen LogP contribution in [0.25, 0.3) is 0 Å². The number of amides is 2. The maximum atomic E-state index is 12.6. The van der Waals surface area contributed by atoms with E-state index in [0.29, 0.717) is 11.1 Å². The number of carboxylic acids is 1. The highest BCUT2D eigenvalue weighted by atomic mass is 19.4. The lowest BCUT2D eigenvalue weighted by Gasteiger charge is -2.11. The Balaban J connectivity index is 2.57. The summed E-state index contributed by atoms with van der Waals surface area (Å²) in [6, 6.07) is 2.89. The van der Waals surface area contributed by atoms with Crippen molar-refractivity contribution in [3.05, 3.63) is 34.9 Å². The Morgan fingerprint density at radius 2 is 1.86 bits per heavy atom. The van der Waals surface area contributed by atoms with Crippen molar-refractivity contribution in [2.75, 3.05) is 6.54 Å². The number of aryl methyl sites for hydroxylation is 1. The summed E-state index contributed by atoms with van der Waals surface area (Å²) in [5.74, 6) is -1.05. The Kier molecular flexibility index (Phi) is 5.57. The van der Waals surface area contributed by atoms with Gasteiger partial charge in [0.2, 0.25) is 0 Å². The summed E-state index contributed by atoms with van der Waals surface area (Å²) in [6.07, 6.45) is -4.67. The third kappa shape index (κ3) is 6.15. The van der Waals surface area contributed by atoms with Crippen LogP contribution in [0.4, 0.5) is 18.0 Å². The third-order valence-electron chi connectivity index (χ3n) is 2.54. The van der Waals surface area contributed by atoms with Crippen LogP contribution in [0.5, 0.6) is 0 Å². The van der Waals surface area contributed by atoms with Gasteiger partial charge in [0.1, 0.15) is 0 Å². The van der Waals surface area contributed by atoms with Crippen LogP contribution >= 0.6 is 0 Å². The van der Waals surface area contributed by atoms with Crippen molar-refractivity contribution in [2.45, 2.75) is 26.1 Å². The van der Waals surface area contributed by atoms with E-state index in [9.17, 15) is 22.8 Å². The lowest BCUT2D eigenvalue weighted by Crippen LogP contribution is -2.36. The van der Waals surface area contributed by atoms with Crippen LogP contribution < -0.4 is 10.6 Å². The molecule has 116 valence electrons. The number of hydrogen-bond donors (Lipinski definition) is 3. The van der Waals surface area contributed by atoms with Gasteiger partial charge in [-0.05, 0) is 24.6 Å². The molecule has 0 aliphatic heterocycles. The fraction of sp³-hybridized carbons (Fsp3) is 0.385. The van der Waals surface area contributed by atoms with Gasteiger partial charge < -0.3 is 15.7 Å². The molecule has 0 saturated carbocycles. The number of hydrogen-bond acceptors (Lipinski definition) is 2. The molecule has 8 heteroatoms. The Labute approximate surface area is 119 Å². The summed E-state index contributed by atoms with van der Waals surface area (Å²) in [5, 5.41) is 13.1. The Bertz CT molecular complexity index is 530. The maximum Gasteiger partial charge on any atom is 0.416 e. The summed E-state index contributed by atoms with van der Waals surface area (Å²) >= 11 is 0. The number of rotatable bonds is 5. The van der Waals surface area contributed by atoms with E-state index in [-0.39, 0.29) is 19.5 Å². The molecule has 5 nitrogen and oxygen atoms in total. The van der Waals surface area contributed by atoms with Crippen LogP contribution in [0, 0.1) is 6.92 Å². The first-order valence-electron chi connectivity index (χ1n) is 6.10. The fourth-order valence-electron chi connectivity index (χ4n) is 1.66. The van der Waals surface area contributed by atoms with Gasteiger partial charge in [0.25, 0.3) is 0 Å². The molecule has 0 aliphatic carbocycles. The number of alkyl halides is 3. The van der Waals surface area contributed by atoms with E-state index in [1.54, 1.807) is 0 Å². The SMILES string of the molecule is Cc1cc(CNC(=O)NCCC(=O)O)cc(C(F)(F)F)c1. The van der Waals surface area contributed by atoms with E-state index in [0.717, 1.165) is 12.1 Å². The third-order valence-corrected chi connectivity index (χ3v) is 2.54. The van der Waals surface area contributed by atoms with Gasteiger partial charge in [0.15, 0.2) is 0 Å². The van der Waals surface area contributed by atoms with Crippen LogP contribution in [0.1, 0.15) is 23.1 Å². The minimum Gasteiger partial charge on any atom is -0.481 e. The molecule has 0 aliphatic rings. The molecule has 1 aromatic rings. The monoisotopic (exact) mass is 304 g/mol. The van der Waals surface area contributed by atoms with E-state index < -0.39 is 23.7 Å². The standard InChI is InChI=1S/C13H15F3N2O3/c1-8-4-9(6-10(5-8)13(14,15)16)7-18-12(21)17-3-2-11(19)20/h4-6H,2-3,7H2,1H3,(H,19,20)(H2,17,18,21). The predicted octanol–water partition coefficient (Wildman–Crippen LogP) is 2.29. The molecule has 2 amide bonds. The van der Waals surface area contributed by atoms with Gasteiger partial charge in [-0.1, -0.05) is 11.6 Å². The summed E-state index contributed by atoms with van der Waals surface area (Å²) in [4.78, 5) is 21.6. The second-order valence-corrected chi connectivity index (χ2v) is 4.46. The highest BCUT2D eigenvalue weighted by molar-refractivity contribution is 5.74. The zero-order valence-electron chi connectivity index (χ0n) is 11.3. The number of carbonyl (C=O) groups is 2. The smallest absolute Gasteiger partial charge is 0.416 e. The number of halogens is 3. The number of aliphatic carboxylic acids is 1. The first-order chi connectivity index (χ1) is 9.68. The maximum absolute atomic E-state index is 12.6. The summed E-state index contributed by atoms with van der Waals surface area (Å²) < 4.78 is 37.9. The molecule has 0 bridgehead atoms. The van der Waals surface area contributed by atoms with Gasteiger partial charge in [-0.3, -0.25) is 4.79 Å². The van der Waals surface area contributed by atoms with Crippen LogP contribution in [0.3, 0.4) is 0 Å². The average Bonchev–Trinajstić information content (AvgIpc) is 2.34. The van der Waals surface area contributed by atoms with E-state index >= 15 is 0 Å². The molecule has 1 rings (SSSR count). The van der Waals surface area contributed by atoms with E-state index in [2.05, 4.69) is 10.6 Å². The van der Waals surface area contributed by atoms with E-state index in [4.69, 9.17) is 5.11 Å². The van der Waals surface area contributed by atoms with Crippen LogP contribution in [-0.2, 0) is 17.5 Å². The molecule has 21 heavy (non-hydrogen) atoms. The number of nitrogens with one attached hydrogen (secondary N) is 2. The summed E-state index contributed by atoms with van der Waals surface area (Å²) in [7, 11) is 0.